The number of halogens is 2. The first-order valence-corrected chi connectivity index (χ1v) is 3.85. The van der Waals surface area contributed by atoms with E-state index in [0.29, 0.717) is 12.0 Å². The van der Waals surface area contributed by atoms with Crippen LogP contribution >= 0.6 is 15.9 Å². The van der Waals surface area contributed by atoms with Crippen molar-refractivity contribution < 1.29 is 4.39 Å². The predicted molar refractivity (Wildman–Crippen MR) is 44.5 cm³/mol. The molecular formula is C8H5BrFN. The molecule has 0 amide bonds. The molecule has 0 unspecified atom stereocenters. The molecular weight excluding hydrogens is 209 g/mol. The van der Waals surface area contributed by atoms with E-state index in [1.165, 1.54) is 12.2 Å². The Bertz CT molecular complexity index is 294. The van der Waals surface area contributed by atoms with Gasteiger partial charge < -0.3 is 0 Å². The predicted octanol–water partition coefficient (Wildman–Crippen LogP) is 2.97. The Morgan fingerprint density at radius 3 is 2.91 bits per heavy atom. The van der Waals surface area contributed by atoms with Gasteiger partial charge in [0.25, 0.3) is 0 Å². The number of hydrogen-bond donors (Lipinski definition) is 0. The molecule has 1 aliphatic rings. The van der Waals surface area contributed by atoms with E-state index in [1.54, 1.807) is 6.08 Å². The number of rotatable bonds is 0. The van der Waals surface area contributed by atoms with Gasteiger partial charge in [-0.2, -0.15) is 5.26 Å². The lowest BCUT2D eigenvalue weighted by atomic mass is 10.2. The van der Waals surface area contributed by atoms with Crippen molar-refractivity contribution in [2.24, 2.45) is 0 Å². The molecule has 0 fully saturated rings. The molecule has 1 aliphatic carbocycles. The molecule has 0 saturated carbocycles. The number of hydrogen-bond acceptors (Lipinski definition) is 1. The minimum atomic E-state index is -0.354. The average molecular weight is 214 g/mol. The average Bonchev–Trinajstić information content (AvgIpc) is 2.13. The summed E-state index contributed by atoms with van der Waals surface area (Å²) in [6, 6.07) is 1.88. The van der Waals surface area contributed by atoms with Crippen molar-refractivity contribution in [2.75, 3.05) is 0 Å². The van der Waals surface area contributed by atoms with Gasteiger partial charge in [-0.1, -0.05) is 15.9 Å². The largest absolute Gasteiger partial charge is 0.207 e. The molecule has 0 radical (unpaired) electrons. The highest BCUT2D eigenvalue weighted by Gasteiger charge is 2.01. The lowest BCUT2D eigenvalue weighted by Crippen LogP contribution is -1.70. The van der Waals surface area contributed by atoms with E-state index in [2.05, 4.69) is 15.9 Å². The van der Waals surface area contributed by atoms with E-state index in [-0.39, 0.29) is 5.83 Å². The Kier molecular flexibility index (Phi) is 2.61. The van der Waals surface area contributed by atoms with Crippen molar-refractivity contribution in [3.8, 4) is 6.07 Å². The van der Waals surface area contributed by atoms with Gasteiger partial charge in [-0.15, -0.1) is 0 Å². The highest BCUT2D eigenvalue weighted by molar-refractivity contribution is 9.11. The first-order valence-electron chi connectivity index (χ1n) is 3.06. The van der Waals surface area contributed by atoms with Crippen molar-refractivity contribution in [2.45, 2.75) is 6.42 Å². The Balaban J connectivity index is 3.01. The van der Waals surface area contributed by atoms with Gasteiger partial charge in [-0.25, -0.2) is 4.39 Å². The van der Waals surface area contributed by atoms with Crippen LogP contribution < -0.4 is 0 Å². The van der Waals surface area contributed by atoms with Gasteiger partial charge in [-0.3, -0.25) is 0 Å². The van der Waals surface area contributed by atoms with Crippen LogP contribution in [-0.4, -0.2) is 0 Å². The van der Waals surface area contributed by atoms with Crippen molar-refractivity contribution in [1.82, 2.24) is 0 Å². The van der Waals surface area contributed by atoms with Crippen LogP contribution in [0.3, 0.4) is 0 Å². The molecule has 0 heterocycles. The van der Waals surface area contributed by atoms with Crippen LogP contribution in [0, 0.1) is 11.3 Å². The van der Waals surface area contributed by atoms with E-state index < -0.39 is 0 Å². The molecule has 1 rings (SSSR count). The van der Waals surface area contributed by atoms with Gasteiger partial charge in [0, 0.05) is 10.9 Å². The summed E-state index contributed by atoms with van der Waals surface area (Å²) in [5, 5.41) is 8.47. The third-order valence-corrected chi connectivity index (χ3v) is 1.78. The fourth-order valence-electron chi connectivity index (χ4n) is 0.736. The third-order valence-electron chi connectivity index (χ3n) is 1.23. The van der Waals surface area contributed by atoms with Gasteiger partial charge in [0.1, 0.15) is 5.83 Å². The SMILES string of the molecule is N#CC1=CC(F)=CCC(Br)=C1. The molecule has 0 aromatic carbocycles. The highest BCUT2D eigenvalue weighted by atomic mass is 79.9. The molecule has 0 atom stereocenters. The van der Waals surface area contributed by atoms with Crippen molar-refractivity contribution in [3.05, 3.63) is 34.1 Å². The standard InChI is InChI=1S/C8H5BrFN/c9-7-1-2-8(10)4-6(3-7)5-11/h2-4H,1H2. The lowest BCUT2D eigenvalue weighted by Gasteiger charge is -1.86. The molecule has 11 heavy (non-hydrogen) atoms. The van der Waals surface area contributed by atoms with Crippen LogP contribution in [0.15, 0.2) is 34.1 Å². The Labute approximate surface area is 72.6 Å². The fourth-order valence-corrected chi connectivity index (χ4v) is 1.14. The smallest absolute Gasteiger partial charge is 0.120 e. The summed E-state index contributed by atoms with van der Waals surface area (Å²) in [6.45, 7) is 0. The first kappa shape index (κ1) is 8.22. The lowest BCUT2D eigenvalue weighted by molar-refractivity contribution is 0.663. The summed E-state index contributed by atoms with van der Waals surface area (Å²) < 4.78 is 13.5. The third kappa shape index (κ3) is 2.32. The van der Waals surface area contributed by atoms with Crippen LogP contribution in [0.4, 0.5) is 4.39 Å². The molecule has 56 valence electrons. The van der Waals surface area contributed by atoms with Gasteiger partial charge in [0.05, 0.1) is 11.6 Å². The summed E-state index contributed by atoms with van der Waals surface area (Å²) in [5.74, 6) is -0.354. The van der Waals surface area contributed by atoms with Crippen molar-refractivity contribution >= 4 is 15.9 Å². The maximum absolute atomic E-state index is 12.6. The molecule has 0 aromatic rings. The summed E-state index contributed by atoms with van der Waals surface area (Å²) in [6.07, 6.45) is 4.76. The van der Waals surface area contributed by atoms with Gasteiger partial charge in [-0.05, 0) is 18.2 Å². The van der Waals surface area contributed by atoms with Crippen LogP contribution in [0.2, 0.25) is 0 Å². The van der Waals surface area contributed by atoms with Gasteiger partial charge in [0.15, 0.2) is 0 Å². The summed E-state index contributed by atoms with van der Waals surface area (Å²) >= 11 is 3.20. The van der Waals surface area contributed by atoms with E-state index in [1.807, 2.05) is 6.07 Å². The molecule has 0 N–H and O–H groups in total. The molecule has 1 nitrogen and oxygen atoms in total. The van der Waals surface area contributed by atoms with Crippen LogP contribution in [0.25, 0.3) is 0 Å². The zero-order valence-electron chi connectivity index (χ0n) is 5.64. The minimum Gasteiger partial charge on any atom is -0.207 e. The second kappa shape index (κ2) is 3.49. The van der Waals surface area contributed by atoms with E-state index >= 15 is 0 Å². The van der Waals surface area contributed by atoms with Crippen molar-refractivity contribution in [3.63, 3.8) is 0 Å². The summed E-state index contributed by atoms with van der Waals surface area (Å²) in [4.78, 5) is 0. The first-order chi connectivity index (χ1) is 5.22. The second-order valence-corrected chi connectivity index (χ2v) is 3.11. The zero-order valence-corrected chi connectivity index (χ0v) is 7.23. The Hall–Kier alpha value is -0.880. The molecule has 0 saturated heterocycles. The fraction of sp³-hybridized carbons (Fsp3) is 0.125. The minimum absolute atomic E-state index is 0.336. The zero-order chi connectivity index (χ0) is 8.27. The van der Waals surface area contributed by atoms with E-state index in [0.717, 1.165) is 4.48 Å². The van der Waals surface area contributed by atoms with Crippen LogP contribution in [-0.2, 0) is 0 Å². The molecule has 0 bridgehead atoms. The maximum Gasteiger partial charge on any atom is 0.120 e. The number of nitriles is 1. The molecule has 0 aromatic heterocycles. The van der Waals surface area contributed by atoms with E-state index in [4.69, 9.17) is 5.26 Å². The Morgan fingerprint density at radius 1 is 1.55 bits per heavy atom. The molecule has 0 aliphatic heterocycles. The maximum atomic E-state index is 12.6. The Morgan fingerprint density at radius 2 is 2.27 bits per heavy atom. The van der Waals surface area contributed by atoms with Gasteiger partial charge >= 0.3 is 0 Å². The van der Waals surface area contributed by atoms with Crippen LogP contribution in [0.1, 0.15) is 6.42 Å². The van der Waals surface area contributed by atoms with Crippen molar-refractivity contribution in [1.29, 1.82) is 5.26 Å². The normalized spacial score (nSPS) is 17.4. The quantitative estimate of drug-likeness (QED) is 0.608. The molecule has 0 spiro atoms. The highest BCUT2D eigenvalue weighted by Crippen LogP contribution is 2.20. The van der Waals surface area contributed by atoms with E-state index in [9.17, 15) is 4.39 Å². The second-order valence-electron chi connectivity index (χ2n) is 2.10. The monoisotopic (exact) mass is 213 g/mol. The van der Waals surface area contributed by atoms with Gasteiger partial charge in [0.2, 0.25) is 0 Å². The summed E-state index contributed by atoms with van der Waals surface area (Å²) in [7, 11) is 0. The number of nitrogens with zero attached hydrogens (tertiary/aromatic N) is 1. The topological polar surface area (TPSA) is 23.8 Å². The number of allylic oxidation sites excluding steroid dienone is 6. The molecule has 3 heteroatoms. The summed E-state index contributed by atoms with van der Waals surface area (Å²) in [5.41, 5.74) is 0.336. The van der Waals surface area contributed by atoms with Crippen LogP contribution in [0.5, 0.6) is 0 Å².